The molecule has 0 fully saturated rings. The normalized spacial score (nSPS) is 10.7. The number of nitrogens with zero attached hydrogens (tertiary/aromatic N) is 2. The summed E-state index contributed by atoms with van der Waals surface area (Å²) in [5.74, 6) is 2.31. The van der Waals surface area contributed by atoms with Gasteiger partial charge in [0.25, 0.3) is 0 Å². The summed E-state index contributed by atoms with van der Waals surface area (Å²) in [6, 6.07) is 6.38. The van der Waals surface area contributed by atoms with Crippen molar-refractivity contribution in [3.8, 4) is 12.3 Å². The van der Waals surface area contributed by atoms with Crippen molar-refractivity contribution < 1.29 is 9.18 Å². The van der Waals surface area contributed by atoms with Crippen LogP contribution >= 0.6 is 0 Å². The summed E-state index contributed by atoms with van der Waals surface area (Å²) in [6.07, 6.45) is 5.34. The molecular formula is C16H21FN2O. The topological polar surface area (TPSA) is 23.6 Å². The monoisotopic (exact) mass is 276 g/mol. The number of carbonyl (C=O) groups excluding carboxylic acids is 1. The molecule has 0 aliphatic heterocycles. The number of likely N-dealkylation sites (N-methyl/N-ethyl adjacent to an activating group) is 1. The second kappa shape index (κ2) is 7.66. The maximum absolute atomic E-state index is 12.9. The maximum Gasteiger partial charge on any atom is 0.236 e. The molecule has 0 unspecified atom stereocenters. The number of carbonyl (C=O) groups is 1. The molecule has 0 spiro atoms. The minimum Gasteiger partial charge on any atom is -0.342 e. The van der Waals surface area contributed by atoms with E-state index in [-0.39, 0.29) is 24.3 Å². The van der Waals surface area contributed by atoms with Gasteiger partial charge in [-0.15, -0.1) is 6.42 Å². The number of benzene rings is 1. The molecule has 20 heavy (non-hydrogen) atoms. The fourth-order valence-corrected chi connectivity index (χ4v) is 1.74. The largest absolute Gasteiger partial charge is 0.342 e. The second-order valence-electron chi connectivity index (χ2n) is 5.07. The molecule has 0 saturated carbocycles. The minimum atomic E-state index is -0.270. The van der Waals surface area contributed by atoms with Crippen LogP contribution in [0.1, 0.15) is 19.4 Å². The maximum atomic E-state index is 12.9. The number of halogens is 1. The van der Waals surface area contributed by atoms with Crippen LogP contribution in [0.5, 0.6) is 0 Å². The van der Waals surface area contributed by atoms with Gasteiger partial charge in [0.05, 0.1) is 13.1 Å². The number of hydrogen-bond donors (Lipinski definition) is 0. The Kier molecular flexibility index (Phi) is 6.20. The lowest BCUT2D eigenvalue weighted by atomic mass is 10.2. The zero-order chi connectivity index (χ0) is 15.1. The van der Waals surface area contributed by atoms with Crippen molar-refractivity contribution in [3.05, 3.63) is 35.6 Å². The summed E-state index contributed by atoms with van der Waals surface area (Å²) in [4.78, 5) is 15.6. The molecular weight excluding hydrogens is 255 g/mol. The van der Waals surface area contributed by atoms with Crippen LogP contribution in [0.25, 0.3) is 0 Å². The van der Waals surface area contributed by atoms with Crippen LogP contribution < -0.4 is 0 Å². The van der Waals surface area contributed by atoms with E-state index in [1.165, 1.54) is 12.1 Å². The standard InChI is InChI=1S/C16H21FN2O/c1-5-10-19(12-16(20)18(4)13(2)3)11-14-6-8-15(17)9-7-14/h1,6-9,13H,10-12H2,2-4H3. The van der Waals surface area contributed by atoms with Gasteiger partial charge in [-0.3, -0.25) is 9.69 Å². The van der Waals surface area contributed by atoms with Gasteiger partial charge in [0.15, 0.2) is 0 Å². The quantitative estimate of drug-likeness (QED) is 0.743. The number of terminal acetylenes is 1. The van der Waals surface area contributed by atoms with Gasteiger partial charge in [0, 0.05) is 19.6 Å². The smallest absolute Gasteiger partial charge is 0.236 e. The predicted molar refractivity (Wildman–Crippen MR) is 78.4 cm³/mol. The van der Waals surface area contributed by atoms with Crippen LogP contribution in [0.3, 0.4) is 0 Å². The first-order valence-corrected chi connectivity index (χ1v) is 6.60. The van der Waals surface area contributed by atoms with Crippen LogP contribution in [0.15, 0.2) is 24.3 Å². The molecule has 1 aromatic carbocycles. The third-order valence-electron chi connectivity index (χ3n) is 3.16. The van der Waals surface area contributed by atoms with Gasteiger partial charge in [-0.05, 0) is 31.5 Å². The van der Waals surface area contributed by atoms with Crippen LogP contribution in [0.4, 0.5) is 4.39 Å². The number of rotatable bonds is 6. The van der Waals surface area contributed by atoms with Gasteiger partial charge in [0.2, 0.25) is 5.91 Å². The molecule has 0 aliphatic carbocycles. The SMILES string of the molecule is C#CCN(CC(=O)N(C)C(C)C)Cc1ccc(F)cc1. The Morgan fingerprint density at radius 3 is 2.45 bits per heavy atom. The van der Waals surface area contributed by atoms with E-state index >= 15 is 0 Å². The molecule has 0 N–H and O–H groups in total. The van der Waals surface area contributed by atoms with E-state index in [4.69, 9.17) is 6.42 Å². The van der Waals surface area contributed by atoms with Crippen molar-refractivity contribution in [2.75, 3.05) is 20.1 Å². The molecule has 1 aromatic rings. The van der Waals surface area contributed by atoms with Crippen molar-refractivity contribution in [2.45, 2.75) is 26.4 Å². The van der Waals surface area contributed by atoms with Gasteiger partial charge in [-0.25, -0.2) is 4.39 Å². The molecule has 108 valence electrons. The fraction of sp³-hybridized carbons (Fsp3) is 0.438. The van der Waals surface area contributed by atoms with E-state index in [9.17, 15) is 9.18 Å². The van der Waals surface area contributed by atoms with E-state index in [0.717, 1.165) is 5.56 Å². The Morgan fingerprint density at radius 1 is 1.35 bits per heavy atom. The van der Waals surface area contributed by atoms with Gasteiger partial charge in [-0.2, -0.15) is 0 Å². The van der Waals surface area contributed by atoms with Gasteiger partial charge in [0.1, 0.15) is 5.82 Å². The highest BCUT2D eigenvalue weighted by Gasteiger charge is 2.16. The molecule has 1 rings (SSSR count). The fourth-order valence-electron chi connectivity index (χ4n) is 1.74. The van der Waals surface area contributed by atoms with E-state index in [2.05, 4.69) is 5.92 Å². The molecule has 0 heterocycles. The molecule has 4 heteroatoms. The van der Waals surface area contributed by atoms with Crippen molar-refractivity contribution in [3.63, 3.8) is 0 Å². The summed E-state index contributed by atoms with van der Waals surface area (Å²) in [7, 11) is 1.78. The Hall–Kier alpha value is -1.86. The van der Waals surface area contributed by atoms with Crippen LogP contribution in [0.2, 0.25) is 0 Å². The van der Waals surface area contributed by atoms with Crippen LogP contribution in [-0.2, 0) is 11.3 Å². The summed E-state index contributed by atoms with van der Waals surface area (Å²) < 4.78 is 12.9. The molecule has 0 radical (unpaired) electrons. The molecule has 0 bridgehead atoms. The average molecular weight is 276 g/mol. The first-order chi connectivity index (χ1) is 9.43. The van der Waals surface area contributed by atoms with Gasteiger partial charge < -0.3 is 4.90 Å². The first kappa shape index (κ1) is 16.2. The van der Waals surface area contributed by atoms with Crippen molar-refractivity contribution in [2.24, 2.45) is 0 Å². The number of amides is 1. The highest BCUT2D eigenvalue weighted by atomic mass is 19.1. The lowest BCUT2D eigenvalue weighted by Gasteiger charge is -2.26. The summed E-state index contributed by atoms with van der Waals surface area (Å²) >= 11 is 0. The number of hydrogen-bond acceptors (Lipinski definition) is 2. The molecule has 1 amide bonds. The Morgan fingerprint density at radius 2 is 1.95 bits per heavy atom. The predicted octanol–water partition coefficient (Wildman–Crippen LogP) is 2.13. The van der Waals surface area contributed by atoms with E-state index in [1.54, 1.807) is 24.1 Å². The first-order valence-electron chi connectivity index (χ1n) is 6.60. The Bertz CT molecular complexity index is 476. The molecule has 0 aromatic heterocycles. The second-order valence-corrected chi connectivity index (χ2v) is 5.07. The molecule has 0 saturated heterocycles. The third kappa shape index (κ3) is 5.02. The van der Waals surface area contributed by atoms with E-state index in [1.807, 2.05) is 18.7 Å². The van der Waals surface area contributed by atoms with E-state index in [0.29, 0.717) is 13.1 Å². The molecule has 0 atom stereocenters. The van der Waals surface area contributed by atoms with Crippen molar-refractivity contribution >= 4 is 5.91 Å². The Balaban J connectivity index is 2.67. The van der Waals surface area contributed by atoms with Gasteiger partial charge >= 0.3 is 0 Å². The minimum absolute atomic E-state index is 0.0253. The zero-order valence-corrected chi connectivity index (χ0v) is 12.3. The lowest BCUT2D eigenvalue weighted by Crippen LogP contribution is -2.41. The van der Waals surface area contributed by atoms with Crippen molar-refractivity contribution in [1.82, 2.24) is 9.80 Å². The third-order valence-corrected chi connectivity index (χ3v) is 3.16. The van der Waals surface area contributed by atoms with Crippen molar-refractivity contribution in [1.29, 1.82) is 0 Å². The highest BCUT2D eigenvalue weighted by molar-refractivity contribution is 5.78. The molecule has 0 aliphatic rings. The van der Waals surface area contributed by atoms with Crippen LogP contribution in [0, 0.1) is 18.2 Å². The Labute approximate surface area is 120 Å². The summed E-state index contributed by atoms with van der Waals surface area (Å²) in [5.41, 5.74) is 0.932. The summed E-state index contributed by atoms with van der Waals surface area (Å²) in [6.45, 7) is 5.10. The van der Waals surface area contributed by atoms with Gasteiger partial charge in [-0.1, -0.05) is 18.1 Å². The highest BCUT2D eigenvalue weighted by Crippen LogP contribution is 2.07. The zero-order valence-electron chi connectivity index (χ0n) is 12.3. The average Bonchev–Trinajstić information content (AvgIpc) is 2.40. The summed E-state index contributed by atoms with van der Waals surface area (Å²) in [5, 5.41) is 0. The lowest BCUT2D eigenvalue weighted by molar-refractivity contribution is -0.132. The molecule has 3 nitrogen and oxygen atoms in total. The van der Waals surface area contributed by atoms with Crippen LogP contribution in [-0.4, -0.2) is 41.9 Å². The van der Waals surface area contributed by atoms with E-state index < -0.39 is 0 Å².